The zero-order valence-corrected chi connectivity index (χ0v) is 17.2. The predicted octanol–water partition coefficient (Wildman–Crippen LogP) is 4.60. The molecule has 154 valence electrons. The van der Waals surface area contributed by atoms with Crippen LogP contribution in [0.25, 0.3) is 0 Å². The number of nitrogens with one attached hydrogen (secondary N) is 2. The van der Waals surface area contributed by atoms with Crippen molar-refractivity contribution in [1.29, 1.82) is 0 Å². The van der Waals surface area contributed by atoms with E-state index in [1.54, 1.807) is 46.8 Å². The number of carbonyl (C=O) groups is 2. The maximum Gasteiger partial charge on any atom is 0.321 e. The van der Waals surface area contributed by atoms with E-state index < -0.39 is 0 Å². The van der Waals surface area contributed by atoms with Crippen LogP contribution in [0.4, 0.5) is 16.2 Å². The van der Waals surface area contributed by atoms with E-state index in [0.29, 0.717) is 29.3 Å². The van der Waals surface area contributed by atoms with Gasteiger partial charge in [0.15, 0.2) is 0 Å². The second-order valence-corrected chi connectivity index (χ2v) is 7.64. The Hall–Kier alpha value is -3.39. The van der Waals surface area contributed by atoms with Gasteiger partial charge in [0.2, 0.25) is 0 Å². The molecule has 0 bridgehead atoms. The van der Waals surface area contributed by atoms with Gasteiger partial charge in [-0.05, 0) is 43.2 Å². The third kappa shape index (κ3) is 4.96. The van der Waals surface area contributed by atoms with Crippen LogP contribution < -0.4 is 15.4 Å². The van der Waals surface area contributed by atoms with Crippen LogP contribution in [-0.4, -0.2) is 34.9 Å². The molecule has 30 heavy (non-hydrogen) atoms. The highest BCUT2D eigenvalue weighted by molar-refractivity contribution is 7.07. The Morgan fingerprint density at radius 1 is 1.03 bits per heavy atom. The molecule has 2 aromatic carbocycles. The molecule has 1 aromatic heterocycles. The summed E-state index contributed by atoms with van der Waals surface area (Å²) in [6.07, 6.45) is 2.04. The van der Waals surface area contributed by atoms with Crippen LogP contribution >= 0.6 is 11.3 Å². The molecule has 7 nitrogen and oxygen atoms in total. The second-order valence-electron chi connectivity index (χ2n) is 6.92. The number of thiazole rings is 1. The first-order valence-corrected chi connectivity index (χ1v) is 10.7. The van der Waals surface area contributed by atoms with Crippen molar-refractivity contribution >= 4 is 34.6 Å². The Morgan fingerprint density at radius 2 is 1.80 bits per heavy atom. The van der Waals surface area contributed by atoms with Crippen LogP contribution in [0.5, 0.6) is 5.75 Å². The summed E-state index contributed by atoms with van der Waals surface area (Å²) in [5, 5.41) is 7.70. The van der Waals surface area contributed by atoms with Gasteiger partial charge < -0.3 is 20.3 Å². The summed E-state index contributed by atoms with van der Waals surface area (Å²) in [6, 6.07) is 14.0. The molecule has 0 atom stereocenters. The topological polar surface area (TPSA) is 83.6 Å². The number of urea groups is 1. The fourth-order valence-corrected chi connectivity index (χ4v) is 3.75. The lowest BCUT2D eigenvalue weighted by Crippen LogP contribution is -2.32. The van der Waals surface area contributed by atoms with Gasteiger partial charge >= 0.3 is 6.03 Å². The minimum atomic E-state index is -0.281. The Balaban J connectivity index is 1.42. The number of benzene rings is 2. The second kappa shape index (κ2) is 9.41. The number of aromatic nitrogens is 1. The molecular weight excluding hydrogens is 400 g/mol. The van der Waals surface area contributed by atoms with E-state index in [1.807, 2.05) is 17.5 Å². The minimum Gasteiger partial charge on any atom is -0.487 e. The summed E-state index contributed by atoms with van der Waals surface area (Å²) in [5.41, 5.74) is 4.18. The smallest absolute Gasteiger partial charge is 0.321 e. The highest BCUT2D eigenvalue weighted by Crippen LogP contribution is 2.24. The van der Waals surface area contributed by atoms with E-state index >= 15 is 0 Å². The van der Waals surface area contributed by atoms with E-state index in [2.05, 4.69) is 15.6 Å². The van der Waals surface area contributed by atoms with Gasteiger partial charge in [-0.15, -0.1) is 11.3 Å². The van der Waals surface area contributed by atoms with Crippen molar-refractivity contribution in [3.8, 4) is 5.75 Å². The number of hydrogen-bond acceptors (Lipinski definition) is 5. The first-order valence-electron chi connectivity index (χ1n) is 9.75. The van der Waals surface area contributed by atoms with Gasteiger partial charge in [0, 0.05) is 24.0 Å². The van der Waals surface area contributed by atoms with Crippen LogP contribution in [0.15, 0.2) is 59.4 Å². The molecule has 0 spiro atoms. The number of anilines is 2. The SMILES string of the molecule is O=C(Nc1ccccc1NC(=O)N1CCCC1)c1cccc(OCc2cscn2)c1. The van der Waals surface area contributed by atoms with Gasteiger partial charge in [-0.25, -0.2) is 9.78 Å². The van der Waals surface area contributed by atoms with Gasteiger partial charge in [0.05, 0.1) is 22.6 Å². The fraction of sp³-hybridized carbons (Fsp3) is 0.227. The molecule has 1 aliphatic heterocycles. The molecule has 3 amide bonds. The first-order chi connectivity index (χ1) is 14.7. The van der Waals surface area contributed by atoms with E-state index in [1.165, 1.54) is 11.3 Å². The van der Waals surface area contributed by atoms with Gasteiger partial charge in [-0.1, -0.05) is 18.2 Å². The summed E-state index contributed by atoms with van der Waals surface area (Å²) < 4.78 is 5.73. The van der Waals surface area contributed by atoms with Gasteiger partial charge in [-0.3, -0.25) is 4.79 Å². The van der Waals surface area contributed by atoms with Crippen molar-refractivity contribution in [2.24, 2.45) is 0 Å². The average Bonchev–Trinajstić information content (AvgIpc) is 3.48. The Bertz CT molecular complexity index is 1020. The highest BCUT2D eigenvalue weighted by atomic mass is 32.1. The number of rotatable bonds is 6. The Morgan fingerprint density at radius 3 is 2.53 bits per heavy atom. The minimum absolute atomic E-state index is 0.147. The average molecular weight is 423 g/mol. The molecule has 3 aromatic rings. The van der Waals surface area contributed by atoms with E-state index in [-0.39, 0.29) is 11.9 Å². The number of amides is 3. The monoisotopic (exact) mass is 422 g/mol. The van der Waals surface area contributed by atoms with Crippen molar-refractivity contribution in [2.45, 2.75) is 19.4 Å². The molecule has 1 aliphatic rings. The molecule has 0 aliphatic carbocycles. The maximum absolute atomic E-state index is 12.8. The van der Waals surface area contributed by atoms with E-state index in [9.17, 15) is 9.59 Å². The summed E-state index contributed by atoms with van der Waals surface area (Å²) in [4.78, 5) is 31.2. The van der Waals surface area contributed by atoms with Crippen molar-refractivity contribution in [3.05, 3.63) is 70.7 Å². The first kappa shape index (κ1) is 19.9. The number of carbonyl (C=O) groups excluding carboxylic acids is 2. The lowest BCUT2D eigenvalue weighted by molar-refractivity contribution is 0.102. The molecule has 0 saturated carbocycles. The number of ether oxygens (including phenoxy) is 1. The number of likely N-dealkylation sites (tertiary alicyclic amines) is 1. The molecule has 0 unspecified atom stereocenters. The number of para-hydroxylation sites is 2. The quantitative estimate of drug-likeness (QED) is 0.608. The van der Waals surface area contributed by atoms with Gasteiger partial charge in [0.1, 0.15) is 12.4 Å². The number of hydrogen-bond donors (Lipinski definition) is 2. The van der Waals surface area contributed by atoms with Crippen molar-refractivity contribution in [1.82, 2.24) is 9.88 Å². The summed E-state index contributed by atoms with van der Waals surface area (Å²) in [5.74, 6) is 0.309. The zero-order chi connectivity index (χ0) is 20.8. The molecule has 2 N–H and O–H groups in total. The van der Waals surface area contributed by atoms with Crippen LogP contribution in [0.3, 0.4) is 0 Å². The zero-order valence-electron chi connectivity index (χ0n) is 16.3. The van der Waals surface area contributed by atoms with Crippen LogP contribution in [-0.2, 0) is 6.61 Å². The van der Waals surface area contributed by atoms with Gasteiger partial charge in [0.25, 0.3) is 5.91 Å². The molecule has 1 saturated heterocycles. The van der Waals surface area contributed by atoms with E-state index in [0.717, 1.165) is 31.6 Å². The summed E-state index contributed by atoms with van der Waals surface area (Å²) >= 11 is 1.51. The lowest BCUT2D eigenvalue weighted by Gasteiger charge is -2.18. The van der Waals surface area contributed by atoms with Crippen LogP contribution in [0, 0.1) is 0 Å². The summed E-state index contributed by atoms with van der Waals surface area (Å²) in [7, 11) is 0. The molecule has 2 heterocycles. The van der Waals surface area contributed by atoms with Gasteiger partial charge in [-0.2, -0.15) is 0 Å². The predicted molar refractivity (Wildman–Crippen MR) is 117 cm³/mol. The third-order valence-electron chi connectivity index (χ3n) is 4.78. The highest BCUT2D eigenvalue weighted by Gasteiger charge is 2.19. The lowest BCUT2D eigenvalue weighted by atomic mass is 10.2. The molecule has 4 rings (SSSR count). The number of nitrogens with zero attached hydrogens (tertiary/aromatic N) is 2. The van der Waals surface area contributed by atoms with E-state index in [4.69, 9.17) is 4.74 Å². The molecular formula is C22H22N4O3S. The summed E-state index contributed by atoms with van der Waals surface area (Å²) in [6.45, 7) is 1.86. The van der Waals surface area contributed by atoms with Crippen LogP contribution in [0.2, 0.25) is 0 Å². The Kier molecular flexibility index (Phi) is 6.24. The third-order valence-corrected chi connectivity index (χ3v) is 5.41. The molecule has 8 heteroatoms. The Labute approximate surface area is 178 Å². The maximum atomic E-state index is 12.8. The fourth-order valence-electron chi connectivity index (χ4n) is 3.20. The van der Waals surface area contributed by atoms with Crippen molar-refractivity contribution in [3.63, 3.8) is 0 Å². The molecule has 0 radical (unpaired) electrons. The normalized spacial score (nSPS) is 13.1. The largest absolute Gasteiger partial charge is 0.487 e. The van der Waals surface area contributed by atoms with Crippen molar-refractivity contribution in [2.75, 3.05) is 23.7 Å². The molecule has 1 fully saturated rings. The van der Waals surface area contributed by atoms with Crippen molar-refractivity contribution < 1.29 is 14.3 Å². The van der Waals surface area contributed by atoms with Crippen LogP contribution in [0.1, 0.15) is 28.9 Å². The standard InChI is InChI=1S/C22H22N4O3S/c27-21(16-6-5-7-18(12-16)29-13-17-14-30-15-23-17)24-19-8-1-2-9-20(19)25-22(28)26-10-3-4-11-26/h1-2,5-9,12,14-15H,3-4,10-11,13H2,(H,24,27)(H,25,28).